The van der Waals surface area contributed by atoms with Crippen molar-refractivity contribution < 1.29 is 0 Å². The molecule has 0 saturated carbocycles. The molecule has 0 amide bonds. The Kier molecular flexibility index (Phi) is 9.26. The Balaban J connectivity index is 4.01. The highest BCUT2D eigenvalue weighted by Crippen LogP contribution is 2.06. The minimum absolute atomic E-state index is 0.551. The summed E-state index contributed by atoms with van der Waals surface area (Å²) in [4.78, 5) is 2.21. The minimum atomic E-state index is 0.551. The number of rotatable bonds is 8. The van der Waals surface area contributed by atoms with Crippen LogP contribution in [0, 0.1) is 5.92 Å². The summed E-state index contributed by atoms with van der Waals surface area (Å²) >= 11 is 0. The summed E-state index contributed by atoms with van der Waals surface area (Å²) in [7, 11) is 4.20. The first kappa shape index (κ1) is 14.2. The van der Waals surface area contributed by atoms with Gasteiger partial charge < -0.3 is 4.90 Å². The van der Waals surface area contributed by atoms with Gasteiger partial charge in [-0.25, -0.2) is 0 Å². The second kappa shape index (κ2) is 9.76. The second-order valence-electron chi connectivity index (χ2n) is 4.23. The topological polar surface area (TPSA) is 3.24 Å². The summed E-state index contributed by atoms with van der Waals surface area (Å²) in [6.07, 6.45) is 11.0. The first-order valence-electron chi connectivity index (χ1n) is 5.87. The zero-order chi connectivity index (χ0) is 11.5. The van der Waals surface area contributed by atoms with E-state index in [1.54, 1.807) is 0 Å². The molecule has 0 rings (SSSR count). The quantitative estimate of drug-likeness (QED) is 0.334. The van der Waals surface area contributed by atoms with Crippen molar-refractivity contribution in [2.24, 2.45) is 5.92 Å². The van der Waals surface area contributed by atoms with Crippen LogP contribution in [0.15, 0.2) is 30.5 Å². The molecule has 0 aliphatic rings. The summed E-state index contributed by atoms with van der Waals surface area (Å²) in [5.41, 5.74) is 3.29. The van der Waals surface area contributed by atoms with E-state index in [0.29, 0.717) is 5.92 Å². The lowest BCUT2D eigenvalue weighted by Crippen LogP contribution is -2.19. The highest BCUT2D eigenvalue weighted by molar-refractivity contribution is 4.93. The van der Waals surface area contributed by atoms with Crippen LogP contribution in [0.2, 0.25) is 0 Å². The van der Waals surface area contributed by atoms with Gasteiger partial charge in [-0.15, -0.1) is 12.3 Å². The van der Waals surface area contributed by atoms with Crippen molar-refractivity contribution in [3.63, 3.8) is 0 Å². The monoisotopic (exact) mass is 207 g/mol. The lowest BCUT2D eigenvalue weighted by atomic mass is 10.1. The summed E-state index contributed by atoms with van der Waals surface area (Å²) < 4.78 is 0. The van der Waals surface area contributed by atoms with Crippen LogP contribution in [0.5, 0.6) is 0 Å². The minimum Gasteiger partial charge on any atom is -0.309 e. The zero-order valence-electron chi connectivity index (χ0n) is 10.5. The summed E-state index contributed by atoms with van der Waals surface area (Å²) in [5, 5.41) is 0. The van der Waals surface area contributed by atoms with Crippen molar-refractivity contribution in [2.45, 2.75) is 32.6 Å². The number of unbranched alkanes of at least 4 members (excludes halogenated alkanes) is 2. The summed E-state index contributed by atoms with van der Waals surface area (Å²) in [6.45, 7) is 7.07. The van der Waals surface area contributed by atoms with Gasteiger partial charge in [-0.05, 0) is 45.5 Å². The largest absolute Gasteiger partial charge is 0.309 e. The van der Waals surface area contributed by atoms with Gasteiger partial charge in [0, 0.05) is 12.5 Å². The van der Waals surface area contributed by atoms with Crippen molar-refractivity contribution >= 4 is 0 Å². The van der Waals surface area contributed by atoms with Gasteiger partial charge in [0.05, 0.1) is 0 Å². The Bertz CT molecular complexity index is 209. The van der Waals surface area contributed by atoms with Gasteiger partial charge in [0.25, 0.3) is 0 Å². The van der Waals surface area contributed by atoms with Gasteiger partial charge in [-0.2, -0.15) is 0 Å². The molecule has 0 aromatic carbocycles. The molecule has 0 aliphatic heterocycles. The van der Waals surface area contributed by atoms with Crippen LogP contribution >= 0.6 is 0 Å². The van der Waals surface area contributed by atoms with Gasteiger partial charge >= 0.3 is 0 Å². The molecule has 0 bridgehead atoms. The van der Waals surface area contributed by atoms with Crippen molar-refractivity contribution in [3.8, 4) is 0 Å². The average Bonchev–Trinajstić information content (AvgIpc) is 2.17. The van der Waals surface area contributed by atoms with Crippen molar-refractivity contribution in [2.75, 3.05) is 20.6 Å². The molecule has 1 nitrogen and oxygen atoms in total. The van der Waals surface area contributed by atoms with Gasteiger partial charge in [0.2, 0.25) is 0 Å². The molecule has 0 aromatic rings. The first-order chi connectivity index (χ1) is 7.20. The smallest absolute Gasteiger partial charge is 0.00473 e. The normalized spacial score (nSPS) is 12.0. The van der Waals surface area contributed by atoms with Crippen LogP contribution in [0.3, 0.4) is 0 Å². The van der Waals surface area contributed by atoms with Crippen LogP contribution in [0.4, 0.5) is 0 Å². The molecule has 1 unspecified atom stereocenters. The molecule has 15 heavy (non-hydrogen) atoms. The zero-order valence-corrected chi connectivity index (χ0v) is 10.5. The Morgan fingerprint density at radius 1 is 1.40 bits per heavy atom. The Hall–Kier alpha value is -0.780. The standard InChI is InChI=1S/C14H25N/c1-5-7-8-9-10-12-14(11-6-2)13-15(3)4/h6,9,12,14H,2,5,7-8,11,13H2,1,3-4H3. The van der Waals surface area contributed by atoms with E-state index in [1.165, 1.54) is 12.8 Å². The molecule has 1 heteroatoms. The number of hydrogen-bond donors (Lipinski definition) is 0. The average molecular weight is 207 g/mol. The SMILES string of the molecule is C=CCC(C=C=CCCCC)CN(C)C. The van der Waals surface area contributed by atoms with E-state index < -0.39 is 0 Å². The fourth-order valence-corrected chi connectivity index (χ4v) is 1.47. The molecule has 1 atom stereocenters. The number of nitrogens with zero attached hydrogens (tertiary/aromatic N) is 1. The maximum atomic E-state index is 3.79. The maximum absolute atomic E-state index is 3.79. The third-order valence-corrected chi connectivity index (χ3v) is 2.22. The number of allylic oxidation sites excluding steroid dienone is 1. The van der Waals surface area contributed by atoms with Crippen molar-refractivity contribution in [3.05, 3.63) is 30.5 Å². The van der Waals surface area contributed by atoms with Crippen molar-refractivity contribution in [1.82, 2.24) is 4.90 Å². The van der Waals surface area contributed by atoms with Crippen LogP contribution in [-0.2, 0) is 0 Å². The first-order valence-corrected chi connectivity index (χ1v) is 5.87. The Labute approximate surface area is 95.2 Å². The van der Waals surface area contributed by atoms with Crippen LogP contribution in [0.25, 0.3) is 0 Å². The van der Waals surface area contributed by atoms with Gasteiger partial charge in [0.15, 0.2) is 0 Å². The molecule has 0 N–H and O–H groups in total. The molecule has 0 aliphatic carbocycles. The van der Waals surface area contributed by atoms with Gasteiger partial charge in [-0.3, -0.25) is 0 Å². The third-order valence-electron chi connectivity index (χ3n) is 2.22. The second-order valence-corrected chi connectivity index (χ2v) is 4.23. The van der Waals surface area contributed by atoms with E-state index in [-0.39, 0.29) is 0 Å². The molecule has 0 spiro atoms. The van der Waals surface area contributed by atoms with E-state index in [9.17, 15) is 0 Å². The Morgan fingerprint density at radius 2 is 2.13 bits per heavy atom. The van der Waals surface area contributed by atoms with Crippen LogP contribution < -0.4 is 0 Å². The molecule has 0 fully saturated rings. The lowest BCUT2D eigenvalue weighted by molar-refractivity contribution is 0.360. The van der Waals surface area contributed by atoms with E-state index in [2.05, 4.69) is 50.4 Å². The Morgan fingerprint density at radius 3 is 2.67 bits per heavy atom. The molecule has 86 valence electrons. The molecule has 0 heterocycles. The fraction of sp³-hybridized carbons (Fsp3) is 0.643. The molecule has 0 radical (unpaired) electrons. The van der Waals surface area contributed by atoms with E-state index in [4.69, 9.17) is 0 Å². The number of hydrogen-bond acceptors (Lipinski definition) is 1. The maximum Gasteiger partial charge on any atom is 0.00473 e. The molecule has 0 aromatic heterocycles. The van der Waals surface area contributed by atoms with Gasteiger partial charge in [-0.1, -0.05) is 19.4 Å². The van der Waals surface area contributed by atoms with E-state index >= 15 is 0 Å². The highest BCUT2D eigenvalue weighted by atomic mass is 15.1. The summed E-state index contributed by atoms with van der Waals surface area (Å²) in [6, 6.07) is 0. The molecular formula is C14H25N. The van der Waals surface area contributed by atoms with E-state index in [0.717, 1.165) is 19.4 Å². The van der Waals surface area contributed by atoms with Gasteiger partial charge in [0.1, 0.15) is 0 Å². The summed E-state index contributed by atoms with van der Waals surface area (Å²) in [5.74, 6) is 0.551. The molecule has 0 saturated heterocycles. The molecular weight excluding hydrogens is 182 g/mol. The van der Waals surface area contributed by atoms with E-state index in [1.807, 2.05) is 6.08 Å². The van der Waals surface area contributed by atoms with Crippen molar-refractivity contribution in [1.29, 1.82) is 0 Å². The van der Waals surface area contributed by atoms with Crippen LogP contribution in [-0.4, -0.2) is 25.5 Å². The lowest BCUT2D eigenvalue weighted by Gasteiger charge is -2.15. The van der Waals surface area contributed by atoms with Crippen LogP contribution in [0.1, 0.15) is 32.6 Å². The third kappa shape index (κ3) is 9.52. The fourth-order valence-electron chi connectivity index (χ4n) is 1.47. The predicted octanol–water partition coefficient (Wildman–Crippen LogP) is 3.64. The predicted molar refractivity (Wildman–Crippen MR) is 69.0 cm³/mol. The highest BCUT2D eigenvalue weighted by Gasteiger charge is 2.02.